The third kappa shape index (κ3) is 5.98. The Morgan fingerprint density at radius 1 is 0.309 bits per heavy atom. The number of benzene rings is 9. The van der Waals surface area contributed by atoms with Gasteiger partial charge in [-0.25, -0.2) is 0 Å². The van der Waals surface area contributed by atoms with Crippen LogP contribution in [0.3, 0.4) is 0 Å². The molecule has 1 aromatic heterocycles. The molecule has 9 aromatic carbocycles. The summed E-state index contributed by atoms with van der Waals surface area (Å²) in [7, 11) is 0. The highest BCUT2D eigenvalue weighted by atomic mass is 16.3. The Kier molecular flexibility index (Phi) is 8.16. The number of rotatable bonds is 8. The van der Waals surface area contributed by atoms with Crippen molar-refractivity contribution in [1.82, 2.24) is 0 Å². The maximum absolute atomic E-state index is 6.96. The van der Waals surface area contributed by atoms with E-state index < -0.39 is 0 Å². The van der Waals surface area contributed by atoms with Crippen molar-refractivity contribution in [1.29, 1.82) is 0 Å². The maximum atomic E-state index is 6.96. The number of anilines is 6. The van der Waals surface area contributed by atoms with Crippen LogP contribution in [-0.4, -0.2) is 0 Å². The Morgan fingerprint density at radius 2 is 0.764 bits per heavy atom. The number of hydrogen-bond acceptors (Lipinski definition) is 3. The van der Waals surface area contributed by atoms with Crippen LogP contribution in [0.5, 0.6) is 0 Å². The largest absolute Gasteiger partial charge is 0.454 e. The number of fused-ring (bicyclic) bond motifs is 5. The van der Waals surface area contributed by atoms with Crippen molar-refractivity contribution in [2.75, 3.05) is 9.80 Å². The van der Waals surface area contributed by atoms with Crippen molar-refractivity contribution in [3.63, 3.8) is 0 Å². The second-order valence-electron chi connectivity index (χ2n) is 13.8. The lowest BCUT2D eigenvalue weighted by atomic mass is 10.0. The topological polar surface area (TPSA) is 19.6 Å². The van der Waals surface area contributed by atoms with Gasteiger partial charge in [0, 0.05) is 39.2 Å². The van der Waals surface area contributed by atoms with Crippen molar-refractivity contribution < 1.29 is 4.42 Å². The Hall–Kier alpha value is -7.36. The van der Waals surface area contributed by atoms with E-state index in [9.17, 15) is 0 Å². The van der Waals surface area contributed by atoms with Gasteiger partial charge in [0.1, 0.15) is 5.58 Å². The summed E-state index contributed by atoms with van der Waals surface area (Å²) in [6, 6.07) is 77.4. The molecule has 0 unspecified atom stereocenters. The molecular formula is C52H36N2O. The Bertz CT molecular complexity index is 2890. The van der Waals surface area contributed by atoms with Crippen molar-refractivity contribution >= 4 is 66.8 Å². The number of hydrogen-bond donors (Lipinski definition) is 0. The van der Waals surface area contributed by atoms with Gasteiger partial charge in [0.2, 0.25) is 0 Å². The van der Waals surface area contributed by atoms with Gasteiger partial charge in [-0.1, -0.05) is 152 Å². The third-order valence-corrected chi connectivity index (χ3v) is 10.4. The van der Waals surface area contributed by atoms with Crippen LogP contribution < -0.4 is 9.80 Å². The Morgan fingerprint density at radius 3 is 1.35 bits per heavy atom. The molecule has 0 spiro atoms. The van der Waals surface area contributed by atoms with Gasteiger partial charge in [-0.3, -0.25) is 0 Å². The molecule has 3 heteroatoms. The first kappa shape index (κ1) is 32.3. The summed E-state index contributed by atoms with van der Waals surface area (Å²) >= 11 is 0. The van der Waals surface area contributed by atoms with Gasteiger partial charge in [-0.15, -0.1) is 0 Å². The van der Waals surface area contributed by atoms with E-state index in [2.05, 4.69) is 228 Å². The van der Waals surface area contributed by atoms with Gasteiger partial charge < -0.3 is 14.2 Å². The summed E-state index contributed by atoms with van der Waals surface area (Å²) in [6.45, 7) is 0. The lowest BCUT2D eigenvalue weighted by molar-refractivity contribution is 0.669. The summed E-state index contributed by atoms with van der Waals surface area (Å²) in [5.74, 6) is 0. The van der Waals surface area contributed by atoms with Gasteiger partial charge >= 0.3 is 0 Å². The first-order valence-electron chi connectivity index (χ1n) is 18.7. The summed E-state index contributed by atoms with van der Waals surface area (Å²) in [5, 5.41) is 4.51. The fraction of sp³-hybridized carbons (Fsp3) is 0. The highest BCUT2D eigenvalue weighted by Crippen LogP contribution is 2.48. The summed E-state index contributed by atoms with van der Waals surface area (Å²) in [6.07, 6.45) is 0. The predicted molar refractivity (Wildman–Crippen MR) is 231 cm³/mol. The number of para-hydroxylation sites is 2. The van der Waals surface area contributed by atoms with Crippen LogP contribution in [0.2, 0.25) is 0 Å². The Balaban J connectivity index is 1.24. The van der Waals surface area contributed by atoms with Crippen LogP contribution in [0, 0.1) is 0 Å². The van der Waals surface area contributed by atoms with Crippen molar-refractivity contribution in [2.24, 2.45) is 0 Å². The fourth-order valence-corrected chi connectivity index (χ4v) is 7.81. The zero-order valence-electron chi connectivity index (χ0n) is 30.1. The third-order valence-electron chi connectivity index (χ3n) is 10.4. The van der Waals surface area contributed by atoms with Gasteiger partial charge in [0.25, 0.3) is 0 Å². The monoisotopic (exact) mass is 704 g/mol. The van der Waals surface area contributed by atoms with Gasteiger partial charge in [-0.2, -0.15) is 0 Å². The van der Waals surface area contributed by atoms with E-state index in [-0.39, 0.29) is 0 Å². The first-order chi connectivity index (χ1) is 27.3. The maximum Gasteiger partial charge on any atom is 0.159 e. The van der Waals surface area contributed by atoms with E-state index in [1.165, 1.54) is 33.0 Å². The number of furan rings is 1. The van der Waals surface area contributed by atoms with E-state index in [4.69, 9.17) is 4.42 Å². The average molecular weight is 705 g/mol. The molecule has 3 nitrogen and oxygen atoms in total. The highest BCUT2D eigenvalue weighted by molar-refractivity contribution is 6.22. The van der Waals surface area contributed by atoms with Gasteiger partial charge in [-0.05, 0) is 99.8 Å². The minimum atomic E-state index is 0.832. The standard InChI is InChI=1S/C52H36N2O/c1-5-15-37(16-6-1)39-25-30-44(31-26-39)53(42-20-9-3-10-21-42)46-35-48-51-47-24-14-13-19-41(47)29-34-50(51)55-52(48)49(36-46)54(43-22-11-4-12-23-43)45-32-27-40(28-33-45)38-17-7-2-8-18-38/h1-36H. The SMILES string of the molecule is c1ccc(-c2ccc(N(c3ccccc3)c3cc(N(c4ccccc4)c4ccc(-c5ccccc5)cc4)c4oc5ccc6ccccc6c5c4c3)cc2)cc1. The van der Waals surface area contributed by atoms with E-state index in [1.54, 1.807) is 0 Å². The average Bonchev–Trinajstić information content (AvgIpc) is 3.65. The minimum Gasteiger partial charge on any atom is -0.454 e. The summed E-state index contributed by atoms with van der Waals surface area (Å²) in [5.41, 5.74) is 12.6. The first-order valence-corrected chi connectivity index (χ1v) is 18.7. The van der Waals surface area contributed by atoms with Gasteiger partial charge in [0.05, 0.1) is 5.69 Å². The second kappa shape index (κ2) is 13.9. The fourth-order valence-electron chi connectivity index (χ4n) is 7.81. The molecule has 55 heavy (non-hydrogen) atoms. The van der Waals surface area contributed by atoms with Crippen molar-refractivity contribution in [2.45, 2.75) is 0 Å². The molecule has 0 aliphatic heterocycles. The summed E-state index contributed by atoms with van der Waals surface area (Å²) in [4.78, 5) is 4.68. The molecule has 0 N–H and O–H groups in total. The minimum absolute atomic E-state index is 0.832. The molecule has 0 atom stereocenters. The lowest BCUT2D eigenvalue weighted by Gasteiger charge is -2.30. The molecule has 0 saturated heterocycles. The van der Waals surface area contributed by atoms with E-state index in [0.29, 0.717) is 0 Å². The van der Waals surface area contributed by atoms with Crippen molar-refractivity contribution in [3.8, 4) is 22.3 Å². The second-order valence-corrected chi connectivity index (χ2v) is 13.8. The van der Waals surface area contributed by atoms with Crippen LogP contribution in [0.25, 0.3) is 55.0 Å². The highest BCUT2D eigenvalue weighted by Gasteiger charge is 2.24. The van der Waals surface area contributed by atoms with Crippen LogP contribution in [0.1, 0.15) is 0 Å². The van der Waals surface area contributed by atoms with E-state index in [1.807, 2.05) is 0 Å². The van der Waals surface area contributed by atoms with Crippen LogP contribution in [0.15, 0.2) is 223 Å². The molecule has 0 aliphatic carbocycles. The molecular weight excluding hydrogens is 669 g/mol. The zero-order chi connectivity index (χ0) is 36.6. The molecule has 0 aliphatic rings. The molecule has 0 fully saturated rings. The molecule has 0 bridgehead atoms. The molecule has 0 amide bonds. The van der Waals surface area contributed by atoms with Crippen molar-refractivity contribution in [3.05, 3.63) is 218 Å². The zero-order valence-corrected chi connectivity index (χ0v) is 30.1. The molecule has 0 radical (unpaired) electrons. The van der Waals surface area contributed by atoms with Gasteiger partial charge in [0.15, 0.2) is 5.58 Å². The van der Waals surface area contributed by atoms with E-state index in [0.717, 1.165) is 56.1 Å². The number of nitrogens with zero attached hydrogens (tertiary/aromatic N) is 2. The quantitative estimate of drug-likeness (QED) is 0.157. The molecule has 260 valence electrons. The Labute approximate surface area is 320 Å². The molecule has 0 saturated carbocycles. The van der Waals surface area contributed by atoms with Crippen LogP contribution >= 0.6 is 0 Å². The lowest BCUT2D eigenvalue weighted by Crippen LogP contribution is -2.13. The summed E-state index contributed by atoms with van der Waals surface area (Å²) < 4.78 is 6.96. The molecule has 1 heterocycles. The smallest absolute Gasteiger partial charge is 0.159 e. The predicted octanol–water partition coefficient (Wildman–Crippen LogP) is 15.0. The molecule has 10 aromatic rings. The normalized spacial score (nSPS) is 11.3. The van der Waals surface area contributed by atoms with Crippen LogP contribution in [0.4, 0.5) is 34.1 Å². The van der Waals surface area contributed by atoms with Crippen LogP contribution in [-0.2, 0) is 0 Å². The molecule has 10 rings (SSSR count). The van der Waals surface area contributed by atoms with E-state index >= 15 is 0 Å².